The molecule has 9 heteroatoms. The van der Waals surface area contributed by atoms with Crippen LogP contribution in [0.2, 0.25) is 0 Å². The summed E-state index contributed by atoms with van der Waals surface area (Å²) in [5, 5.41) is 0. The van der Waals surface area contributed by atoms with Gasteiger partial charge in [0.1, 0.15) is 4.21 Å². The topological polar surface area (TPSA) is 92.8 Å². The number of nitrogens with zero attached hydrogens (tertiary/aromatic N) is 1. The Hall–Kier alpha value is -1.45. The van der Waals surface area contributed by atoms with E-state index in [1.54, 1.807) is 4.90 Å². The number of hydrogen-bond donors (Lipinski definition) is 1. The van der Waals surface area contributed by atoms with Crippen LogP contribution in [0.25, 0.3) is 0 Å². The van der Waals surface area contributed by atoms with Gasteiger partial charge in [0, 0.05) is 24.4 Å². The molecule has 0 unspecified atom stereocenters. The maximum Gasteiger partial charge on any atom is 0.340 e. The van der Waals surface area contributed by atoms with Crippen molar-refractivity contribution in [2.75, 3.05) is 20.2 Å². The number of rotatable bonds is 7. The van der Waals surface area contributed by atoms with Crippen LogP contribution in [0.3, 0.4) is 0 Å². The second-order valence-corrected chi connectivity index (χ2v) is 11.8. The van der Waals surface area contributed by atoms with Gasteiger partial charge in [0.2, 0.25) is 5.91 Å². The first-order valence-corrected chi connectivity index (χ1v) is 13.2. The van der Waals surface area contributed by atoms with Gasteiger partial charge in [-0.05, 0) is 49.5 Å². The van der Waals surface area contributed by atoms with Crippen molar-refractivity contribution < 1.29 is 22.7 Å². The standard InChI is InChI=1S/C21H30N2O5S2/c1-28-20(25)19-16-9-10-23(18(24)11-14-7-8-14)13-17(16)29-21(19)30(26,27)22-12-15-5-3-2-4-6-15/h14-15,22H,2-13H2,1H3. The van der Waals surface area contributed by atoms with Crippen LogP contribution in [0.4, 0.5) is 0 Å². The van der Waals surface area contributed by atoms with E-state index in [2.05, 4.69) is 4.72 Å². The molecule has 1 aromatic rings. The van der Waals surface area contributed by atoms with E-state index >= 15 is 0 Å². The highest BCUT2D eigenvalue weighted by molar-refractivity contribution is 7.91. The van der Waals surface area contributed by atoms with E-state index in [0.29, 0.717) is 44.3 Å². The number of amides is 1. The number of sulfonamides is 1. The van der Waals surface area contributed by atoms with Gasteiger partial charge in [0.25, 0.3) is 10.0 Å². The van der Waals surface area contributed by atoms with Crippen molar-refractivity contribution in [1.29, 1.82) is 0 Å². The average Bonchev–Trinajstić information content (AvgIpc) is 3.48. The first-order chi connectivity index (χ1) is 14.4. The lowest BCUT2D eigenvalue weighted by molar-refractivity contribution is -0.132. The third-order valence-corrected chi connectivity index (χ3v) is 9.62. The Bertz CT molecular complexity index is 914. The van der Waals surface area contributed by atoms with Crippen molar-refractivity contribution in [3.63, 3.8) is 0 Å². The molecule has 30 heavy (non-hydrogen) atoms. The van der Waals surface area contributed by atoms with Gasteiger partial charge in [0.05, 0.1) is 19.2 Å². The number of hydrogen-bond acceptors (Lipinski definition) is 6. The first-order valence-electron chi connectivity index (χ1n) is 10.9. The molecule has 2 fully saturated rings. The van der Waals surface area contributed by atoms with E-state index in [4.69, 9.17) is 4.74 Å². The Morgan fingerprint density at radius 3 is 2.53 bits per heavy atom. The summed E-state index contributed by atoms with van der Waals surface area (Å²) in [5.41, 5.74) is 0.878. The van der Waals surface area contributed by atoms with E-state index < -0.39 is 16.0 Å². The normalized spacial score (nSPS) is 20.1. The van der Waals surface area contributed by atoms with Crippen molar-refractivity contribution in [1.82, 2.24) is 9.62 Å². The molecule has 1 aromatic heterocycles. The molecule has 7 nitrogen and oxygen atoms in total. The number of fused-ring (bicyclic) bond motifs is 1. The largest absolute Gasteiger partial charge is 0.465 e. The van der Waals surface area contributed by atoms with E-state index in [-0.39, 0.29) is 15.7 Å². The third kappa shape index (κ3) is 4.73. The zero-order valence-electron chi connectivity index (χ0n) is 17.4. The summed E-state index contributed by atoms with van der Waals surface area (Å²) in [6, 6.07) is 0. The molecule has 1 N–H and O–H groups in total. The quantitative estimate of drug-likeness (QED) is 0.639. The maximum absolute atomic E-state index is 13.1. The Labute approximate surface area is 182 Å². The maximum atomic E-state index is 13.1. The minimum absolute atomic E-state index is 0.0339. The number of methoxy groups -OCH3 is 1. The fraction of sp³-hybridized carbons (Fsp3) is 0.714. The lowest BCUT2D eigenvalue weighted by Crippen LogP contribution is -2.35. The Morgan fingerprint density at radius 2 is 1.87 bits per heavy atom. The summed E-state index contributed by atoms with van der Waals surface area (Å²) in [7, 11) is -2.55. The van der Waals surface area contributed by atoms with E-state index in [1.807, 2.05) is 0 Å². The highest BCUT2D eigenvalue weighted by Crippen LogP contribution is 2.38. The molecule has 0 radical (unpaired) electrons. The highest BCUT2D eigenvalue weighted by atomic mass is 32.2. The molecular formula is C21H30N2O5S2. The molecule has 0 aromatic carbocycles. The lowest BCUT2D eigenvalue weighted by Gasteiger charge is -2.27. The summed E-state index contributed by atoms with van der Waals surface area (Å²) in [5.74, 6) is 0.354. The Balaban J connectivity index is 1.55. The van der Waals surface area contributed by atoms with Gasteiger partial charge in [-0.25, -0.2) is 17.9 Å². The van der Waals surface area contributed by atoms with Gasteiger partial charge in [-0.2, -0.15) is 0 Å². The van der Waals surface area contributed by atoms with Gasteiger partial charge in [-0.15, -0.1) is 11.3 Å². The molecule has 1 amide bonds. The number of ether oxygens (including phenoxy) is 1. The van der Waals surface area contributed by atoms with Crippen LogP contribution in [0.5, 0.6) is 0 Å². The molecule has 0 bridgehead atoms. The zero-order valence-corrected chi connectivity index (χ0v) is 19.1. The fourth-order valence-corrected chi connectivity index (χ4v) is 7.53. The minimum atomic E-state index is -3.82. The van der Waals surface area contributed by atoms with Crippen LogP contribution in [0, 0.1) is 11.8 Å². The molecular weight excluding hydrogens is 424 g/mol. The van der Waals surface area contributed by atoms with Gasteiger partial charge < -0.3 is 9.64 Å². The molecule has 3 aliphatic rings. The molecule has 0 saturated heterocycles. The zero-order chi connectivity index (χ0) is 21.3. The van der Waals surface area contributed by atoms with Crippen LogP contribution in [-0.2, 0) is 32.5 Å². The third-order valence-electron chi connectivity index (χ3n) is 6.46. The molecule has 0 spiro atoms. The number of carbonyl (C=O) groups is 2. The van der Waals surface area contributed by atoms with Crippen LogP contribution >= 0.6 is 11.3 Å². The summed E-state index contributed by atoms with van der Waals surface area (Å²) < 4.78 is 33.9. The summed E-state index contributed by atoms with van der Waals surface area (Å²) in [6.07, 6.45) is 8.83. The van der Waals surface area contributed by atoms with Gasteiger partial charge >= 0.3 is 5.97 Å². The molecule has 0 atom stereocenters. The van der Waals surface area contributed by atoms with Crippen molar-refractivity contribution in [2.45, 2.75) is 68.5 Å². The number of nitrogens with one attached hydrogen (secondary N) is 1. The summed E-state index contributed by atoms with van der Waals surface area (Å²) >= 11 is 1.11. The van der Waals surface area contributed by atoms with Crippen LogP contribution in [-0.4, -0.2) is 45.4 Å². The fourth-order valence-electron chi connectivity index (χ4n) is 4.47. The molecule has 4 rings (SSSR count). The van der Waals surface area contributed by atoms with Crippen LogP contribution < -0.4 is 4.72 Å². The summed E-state index contributed by atoms with van der Waals surface area (Å²) in [6.45, 7) is 1.28. The van der Waals surface area contributed by atoms with Crippen molar-refractivity contribution in [3.05, 3.63) is 16.0 Å². The molecule has 2 saturated carbocycles. The van der Waals surface area contributed by atoms with Crippen LogP contribution in [0.1, 0.15) is 72.2 Å². The molecule has 166 valence electrons. The molecule has 2 heterocycles. The number of esters is 1. The van der Waals surface area contributed by atoms with Gasteiger partial charge in [-0.3, -0.25) is 4.79 Å². The van der Waals surface area contributed by atoms with E-state index in [0.717, 1.165) is 60.3 Å². The molecule has 2 aliphatic carbocycles. The minimum Gasteiger partial charge on any atom is -0.465 e. The predicted molar refractivity (Wildman–Crippen MR) is 114 cm³/mol. The van der Waals surface area contributed by atoms with Crippen LogP contribution in [0.15, 0.2) is 4.21 Å². The second kappa shape index (κ2) is 8.96. The first kappa shape index (κ1) is 21.8. The van der Waals surface area contributed by atoms with E-state index in [1.165, 1.54) is 13.5 Å². The highest BCUT2D eigenvalue weighted by Gasteiger charge is 2.36. The Morgan fingerprint density at radius 1 is 1.13 bits per heavy atom. The smallest absolute Gasteiger partial charge is 0.340 e. The van der Waals surface area contributed by atoms with Crippen molar-refractivity contribution >= 4 is 33.2 Å². The van der Waals surface area contributed by atoms with Gasteiger partial charge in [0.15, 0.2) is 0 Å². The van der Waals surface area contributed by atoms with E-state index in [9.17, 15) is 18.0 Å². The SMILES string of the molecule is COC(=O)c1c(S(=O)(=O)NCC2CCCCC2)sc2c1CCN(C(=O)CC1CC1)C2. The van der Waals surface area contributed by atoms with Crippen molar-refractivity contribution in [3.8, 4) is 0 Å². The summed E-state index contributed by atoms with van der Waals surface area (Å²) in [4.78, 5) is 27.6. The van der Waals surface area contributed by atoms with Gasteiger partial charge in [-0.1, -0.05) is 19.3 Å². The predicted octanol–water partition coefficient (Wildman–Crippen LogP) is 3.08. The number of carbonyl (C=O) groups excluding carboxylic acids is 2. The number of thiophene rings is 1. The monoisotopic (exact) mass is 454 g/mol. The Kier molecular flexibility index (Phi) is 6.50. The lowest BCUT2D eigenvalue weighted by atomic mass is 9.90. The second-order valence-electron chi connectivity index (χ2n) is 8.73. The average molecular weight is 455 g/mol. The molecule has 1 aliphatic heterocycles. The van der Waals surface area contributed by atoms with Crippen molar-refractivity contribution in [2.24, 2.45) is 11.8 Å².